The molecular weight excluding hydrogens is 343 g/mol. The van der Waals surface area contributed by atoms with Crippen LogP contribution in [0.15, 0.2) is 43.2 Å². The smallest absolute Gasteiger partial charge is 0.334 e. The number of halogens is 2. The topological polar surface area (TPSA) is 98.8 Å². The Hall–Kier alpha value is -2.71. The molecule has 0 radical (unpaired) electrons. The summed E-state index contributed by atoms with van der Waals surface area (Å²) >= 11 is 11.8. The Morgan fingerprint density at radius 3 is 2.70 bits per heavy atom. The minimum absolute atomic E-state index is 0.0343. The van der Waals surface area contributed by atoms with Crippen molar-refractivity contribution < 1.29 is 4.92 Å². The molecular formula is C13H8Cl2N6O2. The van der Waals surface area contributed by atoms with Crippen molar-refractivity contribution in [3.8, 4) is 5.82 Å². The Labute approximate surface area is 139 Å². The molecule has 10 heteroatoms. The summed E-state index contributed by atoms with van der Waals surface area (Å²) < 4.78 is 1.43. The third kappa shape index (κ3) is 3.08. The van der Waals surface area contributed by atoms with Gasteiger partial charge < -0.3 is 5.32 Å². The van der Waals surface area contributed by atoms with E-state index in [-0.39, 0.29) is 17.3 Å². The zero-order valence-corrected chi connectivity index (χ0v) is 12.9. The maximum Gasteiger partial charge on any atom is 0.354 e. The van der Waals surface area contributed by atoms with Crippen molar-refractivity contribution in [1.29, 1.82) is 0 Å². The molecule has 0 saturated carbocycles. The first-order valence-corrected chi connectivity index (χ1v) is 7.01. The second kappa shape index (κ2) is 6.19. The van der Waals surface area contributed by atoms with E-state index in [2.05, 4.69) is 20.3 Å². The zero-order valence-electron chi connectivity index (χ0n) is 11.3. The predicted octanol–water partition coefficient (Wildman–Crippen LogP) is 3.62. The van der Waals surface area contributed by atoms with Gasteiger partial charge in [-0.25, -0.2) is 15.0 Å². The molecule has 3 rings (SSSR count). The van der Waals surface area contributed by atoms with E-state index in [1.807, 2.05) is 0 Å². The van der Waals surface area contributed by atoms with Crippen molar-refractivity contribution in [2.24, 2.45) is 0 Å². The number of hydrogen-bond donors (Lipinski definition) is 1. The maximum atomic E-state index is 11.5. The van der Waals surface area contributed by atoms with Crippen molar-refractivity contribution >= 4 is 40.4 Å². The lowest BCUT2D eigenvalue weighted by molar-refractivity contribution is -0.384. The number of aromatic nitrogens is 4. The summed E-state index contributed by atoms with van der Waals surface area (Å²) in [7, 11) is 0. The van der Waals surface area contributed by atoms with Gasteiger partial charge in [0.1, 0.15) is 12.7 Å². The SMILES string of the molecule is O=[N+]([O-])c1c(Nc2ccc(Cl)c(Cl)c2)ncnc1-n1ccnc1. The number of imidazole rings is 1. The largest absolute Gasteiger partial charge is 0.354 e. The molecule has 23 heavy (non-hydrogen) atoms. The van der Waals surface area contributed by atoms with Crippen molar-refractivity contribution in [2.75, 3.05) is 5.32 Å². The van der Waals surface area contributed by atoms with Gasteiger partial charge in [0.25, 0.3) is 0 Å². The van der Waals surface area contributed by atoms with Gasteiger partial charge in [0.15, 0.2) is 0 Å². The molecule has 2 heterocycles. The molecule has 0 atom stereocenters. The molecule has 0 spiro atoms. The molecule has 2 aromatic heterocycles. The number of nitrogens with one attached hydrogen (secondary N) is 1. The van der Waals surface area contributed by atoms with E-state index in [1.54, 1.807) is 24.4 Å². The first kappa shape index (κ1) is 15.2. The van der Waals surface area contributed by atoms with Gasteiger partial charge in [0.05, 0.1) is 15.0 Å². The first-order valence-electron chi connectivity index (χ1n) is 6.26. The lowest BCUT2D eigenvalue weighted by Crippen LogP contribution is -2.06. The summed E-state index contributed by atoms with van der Waals surface area (Å²) in [4.78, 5) is 22.7. The van der Waals surface area contributed by atoms with E-state index in [0.29, 0.717) is 15.7 Å². The summed E-state index contributed by atoms with van der Waals surface area (Å²) in [6, 6.07) is 4.76. The van der Waals surface area contributed by atoms with Crippen LogP contribution in [-0.4, -0.2) is 24.4 Å². The van der Waals surface area contributed by atoms with Crippen LogP contribution in [0.3, 0.4) is 0 Å². The average molecular weight is 351 g/mol. The molecule has 116 valence electrons. The van der Waals surface area contributed by atoms with Gasteiger partial charge >= 0.3 is 5.69 Å². The molecule has 0 bridgehead atoms. The van der Waals surface area contributed by atoms with Gasteiger partial charge in [-0.1, -0.05) is 23.2 Å². The molecule has 0 aliphatic carbocycles. The third-order valence-electron chi connectivity index (χ3n) is 2.92. The van der Waals surface area contributed by atoms with Crippen LogP contribution < -0.4 is 5.32 Å². The number of rotatable bonds is 4. The standard InChI is InChI=1S/C13H8Cl2N6O2/c14-9-2-1-8(5-10(9)15)19-12-11(21(22)23)13(18-6-17-12)20-4-3-16-7-20/h1-7H,(H,17,18,19). The quantitative estimate of drug-likeness (QED) is 0.569. The van der Waals surface area contributed by atoms with Crippen molar-refractivity contribution in [2.45, 2.75) is 0 Å². The third-order valence-corrected chi connectivity index (χ3v) is 3.66. The average Bonchev–Trinajstić information content (AvgIpc) is 3.05. The van der Waals surface area contributed by atoms with E-state index < -0.39 is 4.92 Å². The summed E-state index contributed by atoms with van der Waals surface area (Å²) in [6.45, 7) is 0. The Morgan fingerprint density at radius 2 is 2.04 bits per heavy atom. The van der Waals surface area contributed by atoms with Crippen LogP contribution >= 0.6 is 23.2 Å². The Balaban J connectivity index is 2.07. The number of hydrogen-bond acceptors (Lipinski definition) is 6. The van der Waals surface area contributed by atoms with Crippen LogP contribution in [0.5, 0.6) is 0 Å². The monoisotopic (exact) mass is 350 g/mol. The summed E-state index contributed by atoms with van der Waals surface area (Å²) in [5, 5.41) is 15.0. The molecule has 0 unspecified atom stereocenters. The van der Waals surface area contributed by atoms with E-state index in [0.717, 1.165) is 0 Å². The first-order chi connectivity index (χ1) is 11.1. The lowest BCUT2D eigenvalue weighted by Gasteiger charge is -2.09. The predicted molar refractivity (Wildman–Crippen MR) is 85.6 cm³/mol. The minimum atomic E-state index is -0.560. The van der Waals surface area contributed by atoms with Crippen LogP contribution in [0.2, 0.25) is 10.0 Å². The Morgan fingerprint density at radius 1 is 1.22 bits per heavy atom. The number of benzene rings is 1. The van der Waals surface area contributed by atoms with Crippen LogP contribution in [0.25, 0.3) is 5.82 Å². The van der Waals surface area contributed by atoms with Crippen molar-refractivity contribution in [3.05, 3.63) is 63.4 Å². The van der Waals surface area contributed by atoms with Crippen LogP contribution in [0, 0.1) is 10.1 Å². The van der Waals surface area contributed by atoms with Crippen molar-refractivity contribution in [3.63, 3.8) is 0 Å². The highest BCUT2D eigenvalue weighted by molar-refractivity contribution is 6.42. The number of anilines is 2. The fourth-order valence-electron chi connectivity index (χ4n) is 1.91. The highest BCUT2D eigenvalue weighted by Gasteiger charge is 2.24. The van der Waals surface area contributed by atoms with Crippen LogP contribution in [0.4, 0.5) is 17.2 Å². The number of nitrogens with zero attached hydrogens (tertiary/aromatic N) is 5. The summed E-state index contributed by atoms with van der Waals surface area (Å²) in [5.41, 5.74) is 0.231. The molecule has 0 aliphatic heterocycles. The van der Waals surface area contributed by atoms with Gasteiger partial charge in [-0.3, -0.25) is 14.7 Å². The van der Waals surface area contributed by atoms with E-state index in [9.17, 15) is 10.1 Å². The Kier molecular flexibility index (Phi) is 4.09. The molecule has 3 aromatic rings. The normalized spacial score (nSPS) is 10.5. The second-order valence-corrected chi connectivity index (χ2v) is 5.19. The van der Waals surface area contributed by atoms with Gasteiger partial charge in [-0.2, -0.15) is 0 Å². The number of nitro groups is 1. The molecule has 0 aliphatic rings. The molecule has 0 amide bonds. The summed E-state index contributed by atoms with van der Waals surface area (Å²) in [6.07, 6.45) is 5.69. The minimum Gasteiger partial charge on any atom is -0.334 e. The van der Waals surface area contributed by atoms with Crippen molar-refractivity contribution in [1.82, 2.24) is 19.5 Å². The van der Waals surface area contributed by atoms with E-state index >= 15 is 0 Å². The molecule has 0 saturated heterocycles. The van der Waals surface area contributed by atoms with Crippen LogP contribution in [0.1, 0.15) is 0 Å². The molecule has 1 aromatic carbocycles. The maximum absolute atomic E-state index is 11.5. The highest BCUT2D eigenvalue weighted by atomic mass is 35.5. The van der Waals surface area contributed by atoms with Gasteiger partial charge in [0.2, 0.25) is 11.6 Å². The second-order valence-electron chi connectivity index (χ2n) is 4.38. The lowest BCUT2D eigenvalue weighted by atomic mass is 10.3. The van der Waals surface area contributed by atoms with Crippen LogP contribution in [-0.2, 0) is 0 Å². The van der Waals surface area contributed by atoms with Gasteiger partial charge in [0, 0.05) is 18.1 Å². The Bertz CT molecular complexity index is 869. The molecule has 1 N–H and O–H groups in total. The summed E-state index contributed by atoms with van der Waals surface area (Å²) in [5.74, 6) is 0.136. The fourth-order valence-corrected chi connectivity index (χ4v) is 2.21. The van der Waals surface area contributed by atoms with Gasteiger partial charge in [-0.15, -0.1) is 0 Å². The van der Waals surface area contributed by atoms with Gasteiger partial charge in [-0.05, 0) is 18.2 Å². The molecule has 8 nitrogen and oxygen atoms in total. The van der Waals surface area contributed by atoms with E-state index in [4.69, 9.17) is 23.2 Å². The zero-order chi connectivity index (χ0) is 16.4. The highest BCUT2D eigenvalue weighted by Crippen LogP contribution is 2.32. The van der Waals surface area contributed by atoms with E-state index in [1.165, 1.54) is 23.4 Å². The molecule has 0 fully saturated rings. The fraction of sp³-hybridized carbons (Fsp3) is 0.